The van der Waals surface area contributed by atoms with Crippen molar-refractivity contribution >= 4 is 47.7 Å². The zero-order valence-corrected chi connectivity index (χ0v) is 18.7. The highest BCUT2D eigenvalue weighted by Crippen LogP contribution is 2.31. The third-order valence-corrected chi connectivity index (χ3v) is 8.14. The Balaban J connectivity index is 2.35. The van der Waals surface area contributed by atoms with Gasteiger partial charge < -0.3 is 23.3 Å². The Bertz CT molecular complexity index is 526. The van der Waals surface area contributed by atoms with Gasteiger partial charge in [-0.05, 0) is 50.0 Å². The van der Waals surface area contributed by atoms with Crippen LogP contribution in [0.25, 0.3) is 0 Å². The summed E-state index contributed by atoms with van der Waals surface area (Å²) in [5.74, 6) is 0. The molecule has 0 spiro atoms. The van der Waals surface area contributed by atoms with E-state index in [2.05, 4.69) is 21.2 Å². The maximum absolute atomic E-state index is 11.8. The normalized spacial score (nSPS) is 16.1. The molecule has 26 heavy (non-hydrogen) atoms. The van der Waals surface area contributed by atoms with Crippen LogP contribution in [0.1, 0.15) is 27.2 Å². The zero-order valence-electron chi connectivity index (χ0n) is 15.3. The van der Waals surface area contributed by atoms with Crippen LogP contribution in [0.15, 0.2) is 21.5 Å². The lowest BCUT2D eigenvalue weighted by molar-refractivity contribution is -0.108. The van der Waals surface area contributed by atoms with Crippen LogP contribution in [-0.4, -0.2) is 53.0 Å². The fraction of sp³-hybridized carbons (Fsp3) is 0.625. The lowest BCUT2D eigenvalue weighted by atomic mass is 10.3. The Labute approximate surface area is 168 Å². The number of hydrogen-bond donors (Lipinski definition) is 1. The highest BCUT2D eigenvalue weighted by atomic mass is 79.9. The maximum Gasteiger partial charge on any atom is 0.500 e. The molecule has 1 N–H and O–H groups in total. The third-order valence-electron chi connectivity index (χ3n) is 3.28. The number of nitrogens with one attached hydrogen (secondary N) is 1. The molecule has 0 atom stereocenters. The van der Waals surface area contributed by atoms with Gasteiger partial charge in [-0.1, -0.05) is 15.9 Å². The smallest absolute Gasteiger partial charge is 0.445 e. The minimum Gasteiger partial charge on any atom is -0.445 e. The van der Waals surface area contributed by atoms with Gasteiger partial charge in [0.05, 0.1) is 0 Å². The van der Waals surface area contributed by atoms with E-state index in [0.717, 1.165) is 16.7 Å². The molecular formula is C16H26BrNO6SSi. The van der Waals surface area contributed by atoms with Gasteiger partial charge in [0.1, 0.15) is 6.61 Å². The molecule has 10 heteroatoms. The summed E-state index contributed by atoms with van der Waals surface area (Å²) in [5, 5.41) is 2.56. The van der Waals surface area contributed by atoms with Crippen LogP contribution in [0, 0.1) is 0 Å². The molecule has 0 aromatic heterocycles. The summed E-state index contributed by atoms with van der Waals surface area (Å²) in [4.78, 5) is 25.9. The van der Waals surface area contributed by atoms with Crippen molar-refractivity contribution in [3.05, 3.63) is 21.5 Å². The van der Waals surface area contributed by atoms with Crippen molar-refractivity contribution in [2.45, 2.75) is 33.2 Å². The minimum absolute atomic E-state index is 0.0441. The number of halogens is 1. The average molecular weight is 468 g/mol. The topological polar surface area (TPSA) is 83.1 Å². The molecule has 7 nitrogen and oxygen atoms in total. The van der Waals surface area contributed by atoms with Crippen LogP contribution in [-0.2, 0) is 22.8 Å². The fourth-order valence-corrected chi connectivity index (χ4v) is 6.01. The van der Waals surface area contributed by atoms with E-state index in [1.165, 1.54) is 0 Å². The SMILES string of the molecule is CCO[Si](CCCNC(=O)OCC1=C/C(=C/Br)SC1=O)(OCC)OCC. The molecule has 148 valence electrons. The minimum atomic E-state index is -2.69. The van der Waals surface area contributed by atoms with Crippen molar-refractivity contribution < 1.29 is 27.6 Å². The van der Waals surface area contributed by atoms with E-state index in [0.29, 0.717) is 44.4 Å². The van der Waals surface area contributed by atoms with Gasteiger partial charge in [0.15, 0.2) is 0 Å². The highest BCUT2D eigenvalue weighted by molar-refractivity contribution is 9.11. The van der Waals surface area contributed by atoms with E-state index in [4.69, 9.17) is 18.0 Å². The number of carbonyl (C=O) groups is 2. The van der Waals surface area contributed by atoms with E-state index < -0.39 is 14.9 Å². The number of amides is 1. The van der Waals surface area contributed by atoms with Crippen LogP contribution < -0.4 is 5.32 Å². The van der Waals surface area contributed by atoms with Crippen LogP contribution in [0.4, 0.5) is 4.79 Å². The van der Waals surface area contributed by atoms with Gasteiger partial charge >= 0.3 is 14.9 Å². The Morgan fingerprint density at radius 2 is 1.85 bits per heavy atom. The molecule has 1 aliphatic heterocycles. The first-order valence-electron chi connectivity index (χ1n) is 8.55. The Hall–Kier alpha value is -0.653. The first-order chi connectivity index (χ1) is 12.5. The Morgan fingerprint density at radius 1 is 1.23 bits per heavy atom. The molecular weight excluding hydrogens is 442 g/mol. The molecule has 1 rings (SSSR count). The van der Waals surface area contributed by atoms with Crippen molar-refractivity contribution in [1.82, 2.24) is 5.32 Å². The molecule has 0 aromatic rings. The van der Waals surface area contributed by atoms with Crippen molar-refractivity contribution in [3.8, 4) is 0 Å². The second-order valence-corrected chi connectivity index (χ2v) is 9.40. The van der Waals surface area contributed by atoms with Gasteiger partial charge in [0.2, 0.25) is 5.12 Å². The standard InChI is InChI=1S/C16H26BrNO6SSi/c1-4-22-26(23-5-2,24-6-3)9-7-8-18-16(20)21-12-13-10-14(11-17)25-15(13)19/h10-11H,4-9,12H2,1-3H3,(H,18,20)/b14-11-. The molecule has 0 radical (unpaired) electrons. The number of hydrogen-bond acceptors (Lipinski definition) is 7. The Morgan fingerprint density at radius 3 is 2.35 bits per heavy atom. The first-order valence-corrected chi connectivity index (χ1v) is 12.2. The summed E-state index contributed by atoms with van der Waals surface area (Å²) < 4.78 is 22.4. The quantitative estimate of drug-likeness (QED) is 0.346. The lowest BCUT2D eigenvalue weighted by Crippen LogP contribution is -2.46. The molecule has 0 unspecified atom stereocenters. The fourth-order valence-electron chi connectivity index (χ4n) is 2.28. The molecule has 0 fully saturated rings. The number of carbonyl (C=O) groups excluding carboxylic acids is 2. The molecule has 0 saturated carbocycles. The van der Waals surface area contributed by atoms with Gasteiger partial charge in [0.25, 0.3) is 0 Å². The summed E-state index contributed by atoms with van der Waals surface area (Å²) in [6.45, 7) is 7.65. The van der Waals surface area contributed by atoms with Gasteiger partial charge in [0, 0.05) is 42.9 Å². The summed E-state index contributed by atoms with van der Waals surface area (Å²) >= 11 is 4.27. The number of alkyl carbamates (subject to hydrolysis) is 1. The maximum atomic E-state index is 11.8. The van der Waals surface area contributed by atoms with Crippen LogP contribution in [0.3, 0.4) is 0 Å². The van der Waals surface area contributed by atoms with Crippen molar-refractivity contribution in [2.75, 3.05) is 33.0 Å². The van der Waals surface area contributed by atoms with Gasteiger partial charge in [-0.25, -0.2) is 4.79 Å². The van der Waals surface area contributed by atoms with E-state index >= 15 is 0 Å². The van der Waals surface area contributed by atoms with Gasteiger partial charge in [-0.2, -0.15) is 0 Å². The molecule has 1 heterocycles. The van der Waals surface area contributed by atoms with Gasteiger partial charge in [-0.3, -0.25) is 4.79 Å². The molecule has 1 aliphatic rings. The van der Waals surface area contributed by atoms with Gasteiger partial charge in [-0.15, -0.1) is 0 Å². The highest BCUT2D eigenvalue weighted by Gasteiger charge is 2.39. The predicted molar refractivity (Wildman–Crippen MR) is 107 cm³/mol. The second kappa shape index (κ2) is 12.7. The summed E-state index contributed by atoms with van der Waals surface area (Å²) in [7, 11) is -2.69. The monoisotopic (exact) mass is 467 g/mol. The number of allylic oxidation sites excluding steroid dienone is 1. The molecule has 1 amide bonds. The zero-order chi connectivity index (χ0) is 19.4. The average Bonchev–Trinajstić information content (AvgIpc) is 2.98. The van der Waals surface area contributed by atoms with Crippen molar-refractivity contribution in [3.63, 3.8) is 0 Å². The molecule has 0 saturated heterocycles. The van der Waals surface area contributed by atoms with Crippen molar-refractivity contribution in [2.24, 2.45) is 0 Å². The van der Waals surface area contributed by atoms with E-state index in [1.807, 2.05) is 20.8 Å². The lowest BCUT2D eigenvalue weighted by Gasteiger charge is -2.28. The first kappa shape index (κ1) is 23.4. The largest absolute Gasteiger partial charge is 0.500 e. The van der Waals surface area contributed by atoms with Crippen LogP contribution >= 0.6 is 27.7 Å². The predicted octanol–water partition coefficient (Wildman–Crippen LogP) is 3.59. The number of ether oxygens (including phenoxy) is 1. The Kier molecular flexibility index (Phi) is 11.4. The van der Waals surface area contributed by atoms with E-state index in [1.54, 1.807) is 11.1 Å². The number of thioether (sulfide) groups is 1. The van der Waals surface area contributed by atoms with Crippen LogP contribution in [0.2, 0.25) is 6.04 Å². The summed E-state index contributed by atoms with van der Waals surface area (Å²) in [5.41, 5.74) is 0.464. The van der Waals surface area contributed by atoms with Crippen molar-refractivity contribution in [1.29, 1.82) is 0 Å². The summed E-state index contributed by atoms with van der Waals surface area (Å²) in [6.07, 6.45) is 1.78. The summed E-state index contributed by atoms with van der Waals surface area (Å²) in [6, 6.07) is 0.614. The van der Waals surface area contributed by atoms with E-state index in [-0.39, 0.29) is 11.7 Å². The van der Waals surface area contributed by atoms with Crippen LogP contribution in [0.5, 0.6) is 0 Å². The molecule has 0 aliphatic carbocycles. The third kappa shape index (κ3) is 7.93. The van der Waals surface area contributed by atoms with E-state index in [9.17, 15) is 9.59 Å². The number of rotatable bonds is 12. The second-order valence-electron chi connectivity index (χ2n) is 5.16. The molecule has 0 bridgehead atoms. The molecule has 0 aromatic carbocycles.